The summed E-state index contributed by atoms with van der Waals surface area (Å²) in [4.78, 5) is 0. The summed E-state index contributed by atoms with van der Waals surface area (Å²) < 4.78 is 5.20. The third-order valence-electron chi connectivity index (χ3n) is 2.85. The second-order valence-corrected chi connectivity index (χ2v) is 4.83. The van der Waals surface area contributed by atoms with Gasteiger partial charge in [-0.1, -0.05) is 12.1 Å². The number of methoxy groups -OCH3 is 1. The predicted molar refractivity (Wildman–Crippen MR) is 72.6 cm³/mol. The van der Waals surface area contributed by atoms with Crippen molar-refractivity contribution in [2.24, 2.45) is 5.73 Å². The first-order valence-electron chi connectivity index (χ1n) is 5.70. The first kappa shape index (κ1) is 12.1. The molecule has 0 aliphatic rings. The molecule has 0 saturated heterocycles. The van der Waals surface area contributed by atoms with E-state index in [0.29, 0.717) is 0 Å². The highest BCUT2D eigenvalue weighted by Gasteiger charge is 2.07. The minimum absolute atomic E-state index is 0.0741. The number of ether oxygens (including phenoxy) is 1. The molecule has 0 fully saturated rings. The lowest BCUT2D eigenvalue weighted by atomic mass is 10.0. The minimum Gasteiger partial charge on any atom is -0.497 e. The van der Waals surface area contributed by atoms with Crippen LogP contribution in [0, 0.1) is 0 Å². The number of aryl methyl sites for hydroxylation is 1. The Morgan fingerprint density at radius 3 is 2.94 bits per heavy atom. The molecule has 2 nitrogen and oxygen atoms in total. The maximum absolute atomic E-state index is 6.18. The Morgan fingerprint density at radius 1 is 1.35 bits per heavy atom. The summed E-state index contributed by atoms with van der Waals surface area (Å²) in [5.41, 5.74) is 8.69. The Hall–Kier alpha value is -1.32. The van der Waals surface area contributed by atoms with E-state index in [1.807, 2.05) is 18.2 Å². The van der Waals surface area contributed by atoms with Crippen LogP contribution in [-0.2, 0) is 6.42 Å². The van der Waals surface area contributed by atoms with Crippen molar-refractivity contribution in [2.45, 2.75) is 18.9 Å². The second-order valence-electron chi connectivity index (χ2n) is 4.05. The smallest absolute Gasteiger partial charge is 0.119 e. The third kappa shape index (κ3) is 3.32. The fourth-order valence-corrected chi connectivity index (χ4v) is 2.50. The number of rotatable bonds is 5. The van der Waals surface area contributed by atoms with E-state index in [-0.39, 0.29) is 6.04 Å². The van der Waals surface area contributed by atoms with Crippen LogP contribution in [0.2, 0.25) is 0 Å². The van der Waals surface area contributed by atoms with Gasteiger partial charge in [-0.15, -0.1) is 0 Å². The summed E-state index contributed by atoms with van der Waals surface area (Å²) in [6.07, 6.45) is 1.99. The Bertz CT molecular complexity index is 453. The van der Waals surface area contributed by atoms with Gasteiger partial charge >= 0.3 is 0 Å². The van der Waals surface area contributed by atoms with E-state index in [4.69, 9.17) is 10.5 Å². The lowest BCUT2D eigenvalue weighted by Crippen LogP contribution is -2.11. The molecule has 0 bridgehead atoms. The van der Waals surface area contributed by atoms with Gasteiger partial charge in [0.15, 0.2) is 0 Å². The average molecular weight is 247 g/mol. The average Bonchev–Trinajstić information content (AvgIpc) is 2.89. The predicted octanol–water partition coefficient (Wildman–Crippen LogP) is 3.39. The van der Waals surface area contributed by atoms with Crippen molar-refractivity contribution in [1.82, 2.24) is 0 Å². The van der Waals surface area contributed by atoms with Crippen molar-refractivity contribution >= 4 is 11.3 Å². The van der Waals surface area contributed by atoms with Crippen LogP contribution >= 0.6 is 11.3 Å². The van der Waals surface area contributed by atoms with E-state index in [2.05, 4.69) is 22.9 Å². The molecule has 0 saturated carbocycles. The zero-order valence-electron chi connectivity index (χ0n) is 9.93. The number of thiophene rings is 1. The summed E-state index contributed by atoms with van der Waals surface area (Å²) in [5.74, 6) is 0.869. The highest BCUT2D eigenvalue weighted by atomic mass is 32.1. The molecule has 3 heteroatoms. The van der Waals surface area contributed by atoms with Gasteiger partial charge in [-0.2, -0.15) is 11.3 Å². The first-order valence-corrected chi connectivity index (χ1v) is 6.64. The van der Waals surface area contributed by atoms with Crippen LogP contribution < -0.4 is 10.5 Å². The molecule has 1 heterocycles. The van der Waals surface area contributed by atoms with E-state index in [0.717, 1.165) is 24.2 Å². The largest absolute Gasteiger partial charge is 0.497 e. The van der Waals surface area contributed by atoms with Gasteiger partial charge in [-0.05, 0) is 52.9 Å². The number of hydrogen-bond acceptors (Lipinski definition) is 3. The van der Waals surface area contributed by atoms with Crippen molar-refractivity contribution in [1.29, 1.82) is 0 Å². The highest BCUT2D eigenvalue weighted by molar-refractivity contribution is 7.07. The number of nitrogens with two attached hydrogens (primary N) is 1. The van der Waals surface area contributed by atoms with E-state index >= 15 is 0 Å². The van der Waals surface area contributed by atoms with E-state index in [9.17, 15) is 0 Å². The van der Waals surface area contributed by atoms with Crippen LogP contribution in [0.1, 0.15) is 23.6 Å². The molecule has 1 atom stereocenters. The molecule has 1 unspecified atom stereocenters. The first-order chi connectivity index (χ1) is 8.29. The van der Waals surface area contributed by atoms with Gasteiger partial charge < -0.3 is 10.5 Å². The van der Waals surface area contributed by atoms with Crippen LogP contribution in [-0.4, -0.2) is 7.11 Å². The Balaban J connectivity index is 1.96. The molecule has 2 aromatic rings. The van der Waals surface area contributed by atoms with Gasteiger partial charge in [0.2, 0.25) is 0 Å². The molecule has 0 aliphatic heterocycles. The van der Waals surface area contributed by atoms with Crippen molar-refractivity contribution < 1.29 is 4.74 Å². The molecule has 2 N–H and O–H groups in total. The van der Waals surface area contributed by atoms with E-state index in [1.54, 1.807) is 18.4 Å². The molecular weight excluding hydrogens is 230 g/mol. The van der Waals surface area contributed by atoms with Gasteiger partial charge in [0.05, 0.1) is 7.11 Å². The molecule has 90 valence electrons. The van der Waals surface area contributed by atoms with Gasteiger partial charge in [0, 0.05) is 6.04 Å². The van der Waals surface area contributed by atoms with Crippen LogP contribution in [0.4, 0.5) is 0 Å². The molecule has 0 radical (unpaired) electrons. The van der Waals surface area contributed by atoms with Crippen LogP contribution in [0.5, 0.6) is 5.75 Å². The number of hydrogen-bond donors (Lipinski definition) is 1. The zero-order valence-corrected chi connectivity index (χ0v) is 10.7. The lowest BCUT2D eigenvalue weighted by molar-refractivity contribution is 0.413. The molecule has 2 rings (SSSR count). The highest BCUT2D eigenvalue weighted by Crippen LogP contribution is 2.21. The molecule has 1 aromatic carbocycles. The Kier molecular flexibility index (Phi) is 4.18. The fourth-order valence-electron chi connectivity index (χ4n) is 1.80. The standard InChI is InChI=1S/C14H17NOS/c1-16-13-4-2-3-12(9-13)14(15)6-5-11-7-8-17-10-11/h2-4,7-10,14H,5-6,15H2,1H3. The lowest BCUT2D eigenvalue weighted by Gasteiger charge is -2.12. The van der Waals surface area contributed by atoms with Crippen molar-refractivity contribution in [3.8, 4) is 5.75 Å². The zero-order chi connectivity index (χ0) is 12.1. The quantitative estimate of drug-likeness (QED) is 0.879. The molecule has 0 amide bonds. The molecule has 0 spiro atoms. The Labute approximate surface area is 106 Å². The summed E-state index contributed by atoms with van der Waals surface area (Å²) in [6, 6.07) is 10.2. The SMILES string of the molecule is COc1cccc(C(N)CCc2ccsc2)c1. The van der Waals surface area contributed by atoms with E-state index in [1.165, 1.54) is 5.56 Å². The second kappa shape index (κ2) is 5.84. The van der Waals surface area contributed by atoms with Gasteiger partial charge in [0.25, 0.3) is 0 Å². The van der Waals surface area contributed by atoms with Crippen LogP contribution in [0.25, 0.3) is 0 Å². The molecule has 17 heavy (non-hydrogen) atoms. The molecule has 1 aromatic heterocycles. The molecular formula is C14H17NOS. The van der Waals surface area contributed by atoms with Crippen molar-refractivity contribution in [3.05, 3.63) is 52.2 Å². The summed E-state index contributed by atoms with van der Waals surface area (Å²) in [7, 11) is 1.68. The summed E-state index contributed by atoms with van der Waals surface area (Å²) >= 11 is 1.73. The fraction of sp³-hybridized carbons (Fsp3) is 0.286. The number of benzene rings is 1. The normalized spacial score (nSPS) is 12.4. The van der Waals surface area contributed by atoms with Crippen molar-refractivity contribution in [3.63, 3.8) is 0 Å². The topological polar surface area (TPSA) is 35.2 Å². The van der Waals surface area contributed by atoms with Gasteiger partial charge in [-0.25, -0.2) is 0 Å². The van der Waals surface area contributed by atoms with E-state index < -0.39 is 0 Å². The molecule has 0 aliphatic carbocycles. The van der Waals surface area contributed by atoms with Crippen LogP contribution in [0.15, 0.2) is 41.1 Å². The van der Waals surface area contributed by atoms with Gasteiger partial charge in [0.1, 0.15) is 5.75 Å². The maximum Gasteiger partial charge on any atom is 0.119 e. The third-order valence-corrected chi connectivity index (χ3v) is 3.58. The monoisotopic (exact) mass is 247 g/mol. The summed E-state index contributed by atoms with van der Waals surface area (Å²) in [6.45, 7) is 0. The van der Waals surface area contributed by atoms with Crippen molar-refractivity contribution in [2.75, 3.05) is 7.11 Å². The van der Waals surface area contributed by atoms with Gasteiger partial charge in [-0.3, -0.25) is 0 Å². The Morgan fingerprint density at radius 2 is 2.24 bits per heavy atom. The summed E-state index contributed by atoms with van der Waals surface area (Å²) in [5, 5.41) is 4.28. The minimum atomic E-state index is 0.0741. The maximum atomic E-state index is 6.18. The van der Waals surface area contributed by atoms with Crippen LogP contribution in [0.3, 0.4) is 0 Å².